The third-order valence-electron chi connectivity index (χ3n) is 4.32. The molecule has 0 bridgehead atoms. The topological polar surface area (TPSA) is 48.7 Å². The number of alkyl halides is 3. The van der Waals surface area contributed by atoms with Gasteiger partial charge in [-0.25, -0.2) is 4.98 Å². The first-order valence-corrected chi connectivity index (χ1v) is 10.2. The van der Waals surface area contributed by atoms with Crippen molar-refractivity contribution in [3.05, 3.63) is 76.2 Å². The molecule has 0 aliphatic heterocycles. The summed E-state index contributed by atoms with van der Waals surface area (Å²) in [6, 6.07) is 15.0. The number of hydrogen-bond acceptors (Lipinski definition) is 4. The third-order valence-corrected chi connectivity index (χ3v) is 5.20. The zero-order valence-corrected chi connectivity index (χ0v) is 17.3. The van der Waals surface area contributed by atoms with Crippen LogP contribution in [0.1, 0.15) is 30.0 Å². The van der Waals surface area contributed by atoms with Crippen LogP contribution in [0.5, 0.6) is 0 Å². The maximum absolute atomic E-state index is 12.8. The monoisotopic (exact) mass is 427 g/mol. The lowest BCUT2D eigenvalue weighted by molar-refractivity contribution is -0.137. The molecule has 0 aliphatic carbocycles. The van der Waals surface area contributed by atoms with Crippen LogP contribution < -0.4 is 5.32 Å². The predicted octanol–water partition coefficient (Wildman–Crippen LogP) is 7.00. The lowest BCUT2D eigenvalue weighted by atomic mass is 10.0. The van der Waals surface area contributed by atoms with Crippen molar-refractivity contribution in [1.29, 1.82) is 5.26 Å². The van der Waals surface area contributed by atoms with E-state index in [1.807, 2.05) is 17.5 Å². The number of rotatable bonds is 6. The largest absolute Gasteiger partial charge is 0.416 e. The van der Waals surface area contributed by atoms with Gasteiger partial charge < -0.3 is 5.32 Å². The van der Waals surface area contributed by atoms with Crippen LogP contribution in [0, 0.1) is 17.2 Å². The minimum atomic E-state index is -4.42. The van der Waals surface area contributed by atoms with Gasteiger partial charge in [0.25, 0.3) is 0 Å². The predicted molar refractivity (Wildman–Crippen MR) is 115 cm³/mol. The van der Waals surface area contributed by atoms with Crippen LogP contribution in [0.25, 0.3) is 16.8 Å². The maximum Gasteiger partial charge on any atom is 0.416 e. The quantitative estimate of drug-likeness (QED) is 0.431. The molecule has 30 heavy (non-hydrogen) atoms. The Morgan fingerprint density at radius 1 is 1.20 bits per heavy atom. The van der Waals surface area contributed by atoms with E-state index in [1.165, 1.54) is 35.2 Å². The number of benzene rings is 2. The normalized spacial score (nSPS) is 12.1. The molecule has 1 aromatic heterocycles. The first kappa shape index (κ1) is 21.6. The number of hydrogen-bond donors (Lipinski definition) is 1. The Bertz CT molecular complexity index is 1070. The van der Waals surface area contributed by atoms with Gasteiger partial charge in [0.2, 0.25) is 0 Å². The molecule has 3 rings (SSSR count). The molecule has 154 valence electrons. The second kappa shape index (κ2) is 9.14. The van der Waals surface area contributed by atoms with Crippen LogP contribution in [-0.4, -0.2) is 4.98 Å². The zero-order chi connectivity index (χ0) is 21.7. The lowest BCUT2D eigenvalue weighted by Gasteiger charge is -2.08. The van der Waals surface area contributed by atoms with Crippen molar-refractivity contribution in [2.24, 2.45) is 5.92 Å². The fourth-order valence-corrected chi connectivity index (χ4v) is 3.69. The third kappa shape index (κ3) is 5.49. The Morgan fingerprint density at radius 3 is 2.57 bits per heavy atom. The first-order valence-electron chi connectivity index (χ1n) is 9.35. The Morgan fingerprint density at radius 2 is 1.93 bits per heavy atom. The minimum Gasteiger partial charge on any atom is -0.360 e. The summed E-state index contributed by atoms with van der Waals surface area (Å²) in [6.45, 7) is 4.34. The van der Waals surface area contributed by atoms with Crippen molar-refractivity contribution >= 4 is 22.6 Å². The molecule has 0 atom stereocenters. The molecule has 0 unspecified atom stereocenters. The lowest BCUT2D eigenvalue weighted by Crippen LogP contribution is -2.05. The average molecular weight is 427 g/mol. The van der Waals surface area contributed by atoms with Gasteiger partial charge in [0.15, 0.2) is 0 Å². The van der Waals surface area contributed by atoms with Crippen LogP contribution >= 0.6 is 11.3 Å². The van der Waals surface area contributed by atoms with Gasteiger partial charge in [-0.3, -0.25) is 0 Å². The van der Waals surface area contributed by atoms with Gasteiger partial charge in [-0.05, 0) is 36.1 Å². The van der Waals surface area contributed by atoms with Crippen LogP contribution in [0.4, 0.5) is 18.9 Å². The number of nitriles is 1. The van der Waals surface area contributed by atoms with E-state index in [0.29, 0.717) is 10.9 Å². The van der Waals surface area contributed by atoms with E-state index in [0.717, 1.165) is 29.8 Å². The number of thiazole rings is 1. The molecular weight excluding hydrogens is 407 g/mol. The Balaban J connectivity index is 1.77. The number of nitrogens with one attached hydrogen (secondary N) is 1. The molecule has 0 radical (unpaired) electrons. The van der Waals surface area contributed by atoms with Crippen molar-refractivity contribution in [2.75, 3.05) is 5.32 Å². The molecule has 7 heteroatoms. The van der Waals surface area contributed by atoms with E-state index in [1.54, 1.807) is 0 Å². The molecule has 1 N–H and O–H groups in total. The number of nitrogens with zero attached hydrogens (tertiary/aromatic N) is 2. The molecule has 0 aliphatic rings. The van der Waals surface area contributed by atoms with Crippen LogP contribution in [0.3, 0.4) is 0 Å². The first-order chi connectivity index (χ1) is 14.3. The summed E-state index contributed by atoms with van der Waals surface area (Å²) in [5.74, 6) is 0.578. The van der Waals surface area contributed by atoms with Crippen molar-refractivity contribution < 1.29 is 13.2 Å². The summed E-state index contributed by atoms with van der Waals surface area (Å²) in [4.78, 5) is 4.52. The summed E-state index contributed by atoms with van der Waals surface area (Å²) in [5.41, 5.74) is 2.71. The fourth-order valence-electron chi connectivity index (χ4n) is 2.90. The number of allylic oxidation sites excluding steroid dienone is 1. The second-order valence-corrected chi connectivity index (χ2v) is 8.08. The van der Waals surface area contributed by atoms with Gasteiger partial charge in [-0.1, -0.05) is 44.2 Å². The second-order valence-electron chi connectivity index (χ2n) is 7.23. The zero-order valence-electron chi connectivity index (χ0n) is 16.5. The van der Waals surface area contributed by atoms with E-state index in [4.69, 9.17) is 0 Å². The SMILES string of the molecule is CC(C)Cc1ccc(-c2csc(C(C#N)=CNc3cccc(C(F)(F)F)c3)n2)cc1. The van der Waals surface area contributed by atoms with E-state index in [2.05, 4.69) is 42.4 Å². The summed E-state index contributed by atoms with van der Waals surface area (Å²) in [5, 5.41) is 14.6. The molecular formula is C23H20F3N3S. The standard InChI is InChI=1S/C23H20F3N3S/c1-15(2)10-16-6-8-17(9-7-16)21-14-30-22(29-21)18(12-27)13-28-20-5-3-4-19(11-20)23(24,25)26/h3-9,11,13-15,28H,10H2,1-2H3. The average Bonchev–Trinajstić information content (AvgIpc) is 3.18. The fraction of sp³-hybridized carbons (Fsp3) is 0.217. The Labute approximate surface area is 177 Å². The van der Waals surface area contributed by atoms with Crippen molar-refractivity contribution in [1.82, 2.24) is 4.98 Å². The van der Waals surface area contributed by atoms with Gasteiger partial charge in [-0.2, -0.15) is 18.4 Å². The number of anilines is 1. The van der Waals surface area contributed by atoms with Gasteiger partial charge in [-0.15, -0.1) is 11.3 Å². The molecule has 3 aromatic rings. The summed E-state index contributed by atoms with van der Waals surface area (Å²) >= 11 is 1.31. The van der Waals surface area contributed by atoms with Gasteiger partial charge in [0.05, 0.1) is 11.3 Å². The van der Waals surface area contributed by atoms with Crippen LogP contribution in [-0.2, 0) is 12.6 Å². The molecule has 0 amide bonds. The molecule has 3 nitrogen and oxygen atoms in total. The van der Waals surface area contributed by atoms with E-state index >= 15 is 0 Å². The highest BCUT2D eigenvalue weighted by Gasteiger charge is 2.30. The van der Waals surface area contributed by atoms with Crippen molar-refractivity contribution in [2.45, 2.75) is 26.4 Å². The Kier molecular flexibility index (Phi) is 6.58. The molecule has 0 fully saturated rings. The molecule has 0 spiro atoms. The summed E-state index contributed by atoms with van der Waals surface area (Å²) in [6.07, 6.45) is -2.04. The summed E-state index contributed by atoms with van der Waals surface area (Å²) in [7, 11) is 0. The Hall–Kier alpha value is -3.11. The van der Waals surface area contributed by atoms with Crippen LogP contribution in [0.2, 0.25) is 0 Å². The van der Waals surface area contributed by atoms with Crippen molar-refractivity contribution in [3.63, 3.8) is 0 Å². The highest BCUT2D eigenvalue weighted by atomic mass is 32.1. The highest BCUT2D eigenvalue weighted by Crippen LogP contribution is 2.31. The van der Waals surface area contributed by atoms with Crippen LogP contribution in [0.15, 0.2) is 60.1 Å². The van der Waals surface area contributed by atoms with Gasteiger partial charge in [0, 0.05) is 22.8 Å². The van der Waals surface area contributed by atoms with E-state index in [9.17, 15) is 18.4 Å². The molecule has 2 aromatic carbocycles. The smallest absolute Gasteiger partial charge is 0.360 e. The van der Waals surface area contributed by atoms with E-state index in [-0.39, 0.29) is 11.3 Å². The molecule has 0 saturated carbocycles. The molecule has 0 saturated heterocycles. The van der Waals surface area contributed by atoms with Gasteiger partial charge >= 0.3 is 6.18 Å². The molecule has 1 heterocycles. The highest BCUT2D eigenvalue weighted by molar-refractivity contribution is 7.11. The number of aromatic nitrogens is 1. The van der Waals surface area contributed by atoms with Gasteiger partial charge in [0.1, 0.15) is 16.6 Å². The summed E-state index contributed by atoms with van der Waals surface area (Å²) < 4.78 is 38.5. The minimum absolute atomic E-state index is 0.245. The number of halogens is 3. The maximum atomic E-state index is 12.8. The van der Waals surface area contributed by atoms with E-state index < -0.39 is 11.7 Å². The van der Waals surface area contributed by atoms with Crippen molar-refractivity contribution in [3.8, 4) is 17.3 Å².